The molecule has 0 bridgehead atoms. The van der Waals surface area contributed by atoms with Gasteiger partial charge in [0.2, 0.25) is 0 Å². The number of ether oxygens (including phenoxy) is 1. The monoisotopic (exact) mass is 544 g/mol. The Kier molecular flexibility index (Phi) is 9.01. The molecule has 1 amide bonds. The summed E-state index contributed by atoms with van der Waals surface area (Å²) in [6.07, 6.45) is 4.10. The van der Waals surface area contributed by atoms with Crippen LogP contribution < -0.4 is 5.32 Å². The van der Waals surface area contributed by atoms with Crippen LogP contribution in [0.2, 0.25) is 0 Å². The van der Waals surface area contributed by atoms with Crippen molar-refractivity contribution >= 4 is 47.2 Å². The van der Waals surface area contributed by atoms with Gasteiger partial charge in [-0.1, -0.05) is 6.07 Å². The van der Waals surface area contributed by atoms with Crippen molar-refractivity contribution in [2.24, 2.45) is 4.99 Å². The van der Waals surface area contributed by atoms with Gasteiger partial charge >= 0.3 is 0 Å². The van der Waals surface area contributed by atoms with E-state index in [2.05, 4.69) is 27.7 Å². The van der Waals surface area contributed by atoms with E-state index in [9.17, 15) is 4.79 Å². The molecule has 2 aromatic heterocycles. The molecule has 2 aromatic rings. The second kappa shape index (κ2) is 11.7. The first-order chi connectivity index (χ1) is 14.3. The average molecular weight is 544 g/mol. The molecular weight excluding hydrogens is 515 g/mol. The number of rotatable bonds is 6. The molecule has 7 nitrogen and oxygen atoms in total. The highest BCUT2D eigenvalue weighted by molar-refractivity contribution is 14.0. The fraction of sp³-hybridized carbons (Fsp3) is 0.524. The summed E-state index contributed by atoms with van der Waals surface area (Å²) < 4.78 is 11.0. The summed E-state index contributed by atoms with van der Waals surface area (Å²) in [6, 6.07) is 8.05. The Bertz CT molecular complexity index is 783. The standard InChI is InChI=1S/C21H28N4O3S.HI/c26-20(19-6-2-14-28-19)24-9-11-25(12-10-24)21(23-16-18-5-3-15-29-18)22-8-7-17-4-1-13-27-17;/h1,3-5,13,15,19H,2,6-12,14,16H2,(H,22,23);1H. The SMILES string of the molecule is I.O=C(C1CCCO1)N1CCN(C(=NCc2cccs2)NCCc2ccco2)CC1. The molecule has 2 aliphatic heterocycles. The van der Waals surface area contributed by atoms with Crippen LogP contribution >= 0.6 is 35.3 Å². The van der Waals surface area contributed by atoms with Crippen LogP contribution in [0.1, 0.15) is 23.5 Å². The molecule has 4 heterocycles. The smallest absolute Gasteiger partial charge is 0.251 e. The predicted molar refractivity (Wildman–Crippen MR) is 128 cm³/mol. The van der Waals surface area contributed by atoms with E-state index in [1.54, 1.807) is 17.6 Å². The molecule has 2 fully saturated rings. The van der Waals surface area contributed by atoms with Crippen LogP contribution in [0.15, 0.2) is 45.3 Å². The van der Waals surface area contributed by atoms with Crippen LogP contribution in [0.3, 0.4) is 0 Å². The summed E-state index contributed by atoms with van der Waals surface area (Å²) in [5.41, 5.74) is 0. The second-order valence-corrected chi connectivity index (χ2v) is 8.32. The first-order valence-corrected chi connectivity index (χ1v) is 11.2. The molecule has 0 spiro atoms. The first kappa shape index (κ1) is 23.1. The van der Waals surface area contributed by atoms with Crippen molar-refractivity contribution in [3.8, 4) is 0 Å². The third-order valence-corrected chi connectivity index (χ3v) is 6.16. The summed E-state index contributed by atoms with van der Waals surface area (Å²) in [5, 5.41) is 5.56. The summed E-state index contributed by atoms with van der Waals surface area (Å²) in [4.78, 5) is 22.8. The third-order valence-electron chi connectivity index (χ3n) is 5.30. The summed E-state index contributed by atoms with van der Waals surface area (Å²) in [5.74, 6) is 2.00. The number of piperazine rings is 1. The maximum Gasteiger partial charge on any atom is 0.251 e. The minimum Gasteiger partial charge on any atom is -0.469 e. The van der Waals surface area contributed by atoms with Crippen molar-refractivity contribution in [2.75, 3.05) is 39.3 Å². The molecule has 1 atom stereocenters. The number of nitrogens with zero attached hydrogens (tertiary/aromatic N) is 3. The van der Waals surface area contributed by atoms with E-state index in [-0.39, 0.29) is 36.0 Å². The number of furan rings is 1. The molecule has 0 aliphatic carbocycles. The molecule has 4 rings (SSSR count). The Morgan fingerprint density at radius 2 is 2.03 bits per heavy atom. The Morgan fingerprint density at radius 3 is 2.70 bits per heavy atom. The Morgan fingerprint density at radius 1 is 1.20 bits per heavy atom. The maximum absolute atomic E-state index is 12.6. The van der Waals surface area contributed by atoms with E-state index in [1.165, 1.54) is 4.88 Å². The van der Waals surface area contributed by atoms with Gasteiger partial charge in [-0.15, -0.1) is 35.3 Å². The van der Waals surface area contributed by atoms with Crippen molar-refractivity contribution in [1.82, 2.24) is 15.1 Å². The maximum atomic E-state index is 12.6. The molecular formula is C21H29IN4O3S. The number of amides is 1. The number of aliphatic imine (C=N–C) groups is 1. The van der Waals surface area contributed by atoms with Crippen LogP contribution in [0.25, 0.3) is 0 Å². The molecule has 164 valence electrons. The number of carbonyl (C=O) groups is 1. The number of nitrogens with one attached hydrogen (secondary N) is 1. The minimum atomic E-state index is -0.236. The van der Waals surface area contributed by atoms with Crippen molar-refractivity contribution in [3.63, 3.8) is 0 Å². The zero-order valence-electron chi connectivity index (χ0n) is 17.0. The van der Waals surface area contributed by atoms with Gasteiger partial charge in [0.25, 0.3) is 5.91 Å². The van der Waals surface area contributed by atoms with Gasteiger partial charge in [-0.05, 0) is 36.4 Å². The fourth-order valence-electron chi connectivity index (χ4n) is 3.69. The number of thiophene rings is 1. The molecule has 1 unspecified atom stereocenters. The van der Waals surface area contributed by atoms with Crippen molar-refractivity contribution in [2.45, 2.75) is 31.9 Å². The molecule has 2 saturated heterocycles. The molecule has 0 saturated carbocycles. The van der Waals surface area contributed by atoms with Crippen LogP contribution in [-0.4, -0.2) is 67.1 Å². The topological polar surface area (TPSA) is 70.3 Å². The highest BCUT2D eigenvalue weighted by Crippen LogP contribution is 2.16. The lowest BCUT2D eigenvalue weighted by molar-refractivity contribution is -0.142. The highest BCUT2D eigenvalue weighted by Gasteiger charge is 2.30. The molecule has 9 heteroatoms. The van der Waals surface area contributed by atoms with Gasteiger partial charge in [0.05, 0.1) is 12.8 Å². The Labute approximate surface area is 198 Å². The van der Waals surface area contributed by atoms with Crippen LogP contribution in [0, 0.1) is 0 Å². The Balaban J connectivity index is 0.00000256. The van der Waals surface area contributed by atoms with Crippen molar-refractivity contribution in [3.05, 3.63) is 46.5 Å². The normalized spacial score (nSPS) is 19.6. The summed E-state index contributed by atoms with van der Waals surface area (Å²) >= 11 is 1.72. The lowest BCUT2D eigenvalue weighted by Gasteiger charge is -2.37. The van der Waals surface area contributed by atoms with Gasteiger partial charge in [-0.2, -0.15) is 0 Å². The minimum absolute atomic E-state index is 0. The van der Waals surface area contributed by atoms with Gasteiger partial charge in [0, 0.05) is 50.6 Å². The number of hydrogen-bond acceptors (Lipinski definition) is 5. The van der Waals surface area contributed by atoms with Crippen LogP contribution in [0.4, 0.5) is 0 Å². The number of halogens is 1. The molecule has 30 heavy (non-hydrogen) atoms. The number of hydrogen-bond donors (Lipinski definition) is 1. The summed E-state index contributed by atoms with van der Waals surface area (Å²) in [6.45, 7) is 5.08. The van der Waals surface area contributed by atoms with Gasteiger partial charge in [-0.3, -0.25) is 4.79 Å². The van der Waals surface area contributed by atoms with Gasteiger partial charge in [0.15, 0.2) is 5.96 Å². The van der Waals surface area contributed by atoms with E-state index >= 15 is 0 Å². The highest BCUT2D eigenvalue weighted by atomic mass is 127. The van der Waals surface area contributed by atoms with Crippen molar-refractivity contribution < 1.29 is 13.9 Å². The quantitative estimate of drug-likeness (QED) is 0.344. The third kappa shape index (κ3) is 6.21. The first-order valence-electron chi connectivity index (χ1n) is 10.3. The van der Waals surface area contributed by atoms with Crippen LogP contribution in [-0.2, 0) is 22.5 Å². The van der Waals surface area contributed by atoms with E-state index in [0.717, 1.165) is 50.6 Å². The van der Waals surface area contributed by atoms with Gasteiger partial charge in [0.1, 0.15) is 11.9 Å². The zero-order chi connectivity index (χ0) is 19.9. The number of guanidine groups is 1. The van der Waals surface area contributed by atoms with E-state index in [0.29, 0.717) is 26.2 Å². The lowest BCUT2D eigenvalue weighted by Crippen LogP contribution is -2.55. The zero-order valence-corrected chi connectivity index (χ0v) is 20.1. The molecule has 1 N–H and O–H groups in total. The number of carbonyl (C=O) groups excluding carboxylic acids is 1. The molecule has 0 aromatic carbocycles. The molecule has 2 aliphatic rings. The van der Waals surface area contributed by atoms with Gasteiger partial charge in [-0.25, -0.2) is 4.99 Å². The van der Waals surface area contributed by atoms with E-state index < -0.39 is 0 Å². The summed E-state index contributed by atoms with van der Waals surface area (Å²) in [7, 11) is 0. The van der Waals surface area contributed by atoms with Gasteiger partial charge < -0.3 is 24.3 Å². The lowest BCUT2D eigenvalue weighted by atomic mass is 10.2. The second-order valence-electron chi connectivity index (χ2n) is 7.29. The largest absolute Gasteiger partial charge is 0.469 e. The van der Waals surface area contributed by atoms with Crippen molar-refractivity contribution in [1.29, 1.82) is 0 Å². The van der Waals surface area contributed by atoms with E-state index in [1.807, 2.05) is 17.0 Å². The van der Waals surface area contributed by atoms with E-state index in [4.69, 9.17) is 14.1 Å². The molecule has 0 radical (unpaired) electrons. The van der Waals surface area contributed by atoms with Crippen LogP contribution in [0.5, 0.6) is 0 Å². The predicted octanol–water partition coefficient (Wildman–Crippen LogP) is 2.97. The fourth-order valence-corrected chi connectivity index (χ4v) is 4.32. The Hall–Kier alpha value is -1.59. The average Bonchev–Trinajstić information content (AvgIpc) is 3.53.